The second kappa shape index (κ2) is 12.1. The Morgan fingerprint density at radius 3 is 2.35 bits per heavy atom. The standard InChI is InChI=1S/C30H28F3N3O4/c1-18-25(28(37)39-3)27(22-7-4-8-23(17-22)30(31,32)33)26(19(2)36-18)29(38)40-15-5-6-20-9-11-21(12-10-20)16-24-34-13-14-35-24/h4-14,17,27,36H,15-16H2,1-3H3,(H,34,35). The molecular weight excluding hydrogens is 523 g/mol. The van der Waals surface area contributed by atoms with E-state index < -0.39 is 29.6 Å². The zero-order valence-electron chi connectivity index (χ0n) is 22.1. The van der Waals surface area contributed by atoms with Crippen LogP contribution in [-0.2, 0) is 31.7 Å². The molecule has 0 fully saturated rings. The molecule has 0 spiro atoms. The highest BCUT2D eigenvalue weighted by Crippen LogP contribution is 2.41. The number of methoxy groups -OCH3 is 1. The van der Waals surface area contributed by atoms with E-state index >= 15 is 0 Å². The molecule has 7 nitrogen and oxygen atoms in total. The number of alkyl halides is 3. The molecule has 4 rings (SSSR count). The number of esters is 2. The summed E-state index contributed by atoms with van der Waals surface area (Å²) >= 11 is 0. The van der Waals surface area contributed by atoms with Gasteiger partial charge in [-0.3, -0.25) is 0 Å². The maximum atomic E-state index is 13.5. The monoisotopic (exact) mass is 551 g/mol. The molecule has 2 aromatic carbocycles. The summed E-state index contributed by atoms with van der Waals surface area (Å²) in [6, 6.07) is 12.3. The molecule has 2 heterocycles. The van der Waals surface area contributed by atoms with Crippen LogP contribution in [-0.4, -0.2) is 35.6 Å². The van der Waals surface area contributed by atoms with Crippen molar-refractivity contribution < 1.29 is 32.2 Å². The Bertz CT molecular complexity index is 1470. The number of imidazole rings is 1. The second-order valence-corrected chi connectivity index (χ2v) is 9.21. The number of rotatable bonds is 8. The molecule has 208 valence electrons. The first-order chi connectivity index (χ1) is 19.1. The van der Waals surface area contributed by atoms with Crippen LogP contribution in [0.4, 0.5) is 13.2 Å². The highest BCUT2D eigenvalue weighted by molar-refractivity contribution is 5.99. The SMILES string of the molecule is COC(=O)C1=C(C)NC(C)=C(C(=O)OCC=Cc2ccc(Cc3ncc[nH]3)cc2)C1c1cccc(C(F)(F)F)c1. The van der Waals surface area contributed by atoms with Gasteiger partial charge in [0.05, 0.1) is 29.7 Å². The first kappa shape index (κ1) is 28.4. The Morgan fingerprint density at radius 1 is 1.02 bits per heavy atom. The first-order valence-corrected chi connectivity index (χ1v) is 12.4. The van der Waals surface area contributed by atoms with Crippen molar-refractivity contribution in [2.45, 2.75) is 32.4 Å². The number of carbonyl (C=O) groups is 2. The van der Waals surface area contributed by atoms with Gasteiger partial charge in [0, 0.05) is 30.2 Å². The van der Waals surface area contributed by atoms with Crippen molar-refractivity contribution in [3.8, 4) is 0 Å². The van der Waals surface area contributed by atoms with E-state index in [1.54, 1.807) is 38.4 Å². The Labute approximate surface area is 229 Å². The molecule has 0 bridgehead atoms. The van der Waals surface area contributed by atoms with Gasteiger partial charge < -0.3 is 19.8 Å². The Kier molecular flexibility index (Phi) is 8.57. The van der Waals surface area contributed by atoms with Gasteiger partial charge >= 0.3 is 18.1 Å². The maximum absolute atomic E-state index is 13.5. The predicted octanol–water partition coefficient (Wildman–Crippen LogP) is 5.68. The number of nitrogens with one attached hydrogen (secondary N) is 2. The molecule has 0 aliphatic carbocycles. The molecular formula is C30H28F3N3O4. The van der Waals surface area contributed by atoms with E-state index in [0.717, 1.165) is 29.1 Å². The number of carbonyl (C=O) groups excluding carboxylic acids is 2. The normalized spacial score (nSPS) is 15.8. The molecule has 3 aromatic rings. The van der Waals surface area contributed by atoms with Crippen LogP contribution in [0.2, 0.25) is 0 Å². The molecule has 1 aliphatic rings. The lowest BCUT2D eigenvalue weighted by atomic mass is 9.80. The summed E-state index contributed by atoms with van der Waals surface area (Å²) < 4.78 is 50.8. The maximum Gasteiger partial charge on any atom is 0.416 e. The summed E-state index contributed by atoms with van der Waals surface area (Å²) in [4.78, 5) is 33.3. The fraction of sp³-hybridized carbons (Fsp3) is 0.233. The summed E-state index contributed by atoms with van der Waals surface area (Å²) in [6.45, 7) is 3.12. The van der Waals surface area contributed by atoms with Crippen molar-refractivity contribution in [3.05, 3.63) is 118 Å². The fourth-order valence-corrected chi connectivity index (χ4v) is 4.59. The molecule has 0 saturated heterocycles. The Balaban J connectivity index is 1.52. The molecule has 1 aliphatic heterocycles. The van der Waals surface area contributed by atoms with Gasteiger partial charge in [-0.25, -0.2) is 14.6 Å². The average molecular weight is 552 g/mol. The van der Waals surface area contributed by atoms with Gasteiger partial charge in [0.2, 0.25) is 0 Å². The van der Waals surface area contributed by atoms with Gasteiger partial charge in [0.25, 0.3) is 0 Å². The van der Waals surface area contributed by atoms with Crippen LogP contribution in [0.3, 0.4) is 0 Å². The van der Waals surface area contributed by atoms with Crippen molar-refractivity contribution in [1.29, 1.82) is 0 Å². The Morgan fingerprint density at radius 2 is 1.73 bits per heavy atom. The van der Waals surface area contributed by atoms with Gasteiger partial charge in [-0.05, 0) is 42.7 Å². The van der Waals surface area contributed by atoms with Crippen molar-refractivity contribution in [2.24, 2.45) is 0 Å². The van der Waals surface area contributed by atoms with Gasteiger partial charge in [0.1, 0.15) is 12.4 Å². The number of ether oxygens (including phenoxy) is 2. The van der Waals surface area contributed by atoms with Crippen molar-refractivity contribution in [1.82, 2.24) is 15.3 Å². The van der Waals surface area contributed by atoms with Crippen LogP contribution in [0.5, 0.6) is 0 Å². The molecule has 0 amide bonds. The third kappa shape index (κ3) is 6.51. The average Bonchev–Trinajstić information content (AvgIpc) is 3.44. The van der Waals surface area contributed by atoms with Gasteiger partial charge in [-0.15, -0.1) is 0 Å². The number of nitrogens with zero attached hydrogens (tertiary/aromatic N) is 1. The van der Waals surface area contributed by atoms with Gasteiger partial charge in [-0.1, -0.05) is 48.5 Å². The quantitative estimate of drug-likeness (QED) is 0.350. The van der Waals surface area contributed by atoms with E-state index in [-0.39, 0.29) is 23.3 Å². The molecule has 1 unspecified atom stereocenters. The van der Waals surface area contributed by atoms with E-state index in [4.69, 9.17) is 9.47 Å². The molecule has 1 atom stereocenters. The lowest BCUT2D eigenvalue weighted by Crippen LogP contribution is -2.32. The summed E-state index contributed by atoms with van der Waals surface area (Å²) in [5.74, 6) is -1.78. The third-order valence-electron chi connectivity index (χ3n) is 6.46. The zero-order valence-corrected chi connectivity index (χ0v) is 22.1. The van der Waals surface area contributed by atoms with Crippen LogP contribution in [0.25, 0.3) is 6.08 Å². The highest BCUT2D eigenvalue weighted by atomic mass is 19.4. The minimum absolute atomic E-state index is 0.0287. The van der Waals surface area contributed by atoms with Crippen LogP contribution < -0.4 is 5.32 Å². The zero-order chi connectivity index (χ0) is 28.9. The molecule has 0 radical (unpaired) electrons. The summed E-state index contributed by atoms with van der Waals surface area (Å²) in [5.41, 5.74) is 2.00. The summed E-state index contributed by atoms with van der Waals surface area (Å²) in [7, 11) is 1.17. The molecule has 0 saturated carbocycles. The summed E-state index contributed by atoms with van der Waals surface area (Å²) in [5, 5.41) is 2.97. The topological polar surface area (TPSA) is 93.3 Å². The van der Waals surface area contributed by atoms with Gasteiger partial charge in [0.15, 0.2) is 0 Å². The van der Waals surface area contributed by atoms with Crippen LogP contribution >= 0.6 is 0 Å². The minimum Gasteiger partial charge on any atom is -0.466 e. The van der Waals surface area contributed by atoms with Crippen LogP contribution in [0.1, 0.15) is 47.8 Å². The highest BCUT2D eigenvalue weighted by Gasteiger charge is 2.39. The number of hydrogen-bond acceptors (Lipinski definition) is 6. The third-order valence-corrected chi connectivity index (χ3v) is 6.46. The number of aromatic nitrogens is 2. The number of benzene rings is 2. The van der Waals surface area contributed by atoms with E-state index in [2.05, 4.69) is 15.3 Å². The van der Waals surface area contributed by atoms with E-state index in [9.17, 15) is 22.8 Å². The lowest BCUT2D eigenvalue weighted by molar-refractivity contribution is -0.138. The van der Waals surface area contributed by atoms with E-state index in [1.807, 2.05) is 24.3 Å². The second-order valence-electron chi connectivity index (χ2n) is 9.21. The van der Waals surface area contributed by atoms with E-state index in [1.165, 1.54) is 19.2 Å². The summed E-state index contributed by atoms with van der Waals surface area (Å²) in [6.07, 6.45) is 2.99. The fourth-order valence-electron chi connectivity index (χ4n) is 4.59. The van der Waals surface area contributed by atoms with Crippen molar-refractivity contribution in [3.63, 3.8) is 0 Å². The lowest BCUT2D eigenvalue weighted by Gasteiger charge is -2.30. The van der Waals surface area contributed by atoms with E-state index in [0.29, 0.717) is 17.8 Å². The number of allylic oxidation sites excluding steroid dienone is 2. The van der Waals surface area contributed by atoms with Crippen molar-refractivity contribution >= 4 is 18.0 Å². The molecule has 10 heteroatoms. The van der Waals surface area contributed by atoms with Crippen LogP contribution in [0, 0.1) is 0 Å². The number of H-pyrrole nitrogens is 1. The predicted molar refractivity (Wildman–Crippen MR) is 143 cm³/mol. The van der Waals surface area contributed by atoms with Crippen molar-refractivity contribution in [2.75, 3.05) is 13.7 Å². The smallest absolute Gasteiger partial charge is 0.416 e. The minimum atomic E-state index is -4.60. The Hall–Kier alpha value is -4.60. The molecule has 40 heavy (non-hydrogen) atoms. The molecule has 2 N–H and O–H groups in total. The first-order valence-electron chi connectivity index (χ1n) is 12.4. The number of aromatic amines is 1. The molecule has 1 aromatic heterocycles. The van der Waals surface area contributed by atoms with Gasteiger partial charge in [-0.2, -0.15) is 13.2 Å². The largest absolute Gasteiger partial charge is 0.466 e. The number of halogens is 3. The van der Waals surface area contributed by atoms with Crippen LogP contribution in [0.15, 0.2) is 89.5 Å². The number of dihydropyridines is 1. The number of hydrogen-bond donors (Lipinski definition) is 2.